The predicted octanol–water partition coefficient (Wildman–Crippen LogP) is 4.35. The van der Waals surface area contributed by atoms with E-state index in [4.69, 9.17) is 14.2 Å². The summed E-state index contributed by atoms with van der Waals surface area (Å²) in [6.07, 6.45) is 1.48. The van der Waals surface area contributed by atoms with Gasteiger partial charge in [-0.3, -0.25) is 4.79 Å². The van der Waals surface area contributed by atoms with E-state index in [-0.39, 0.29) is 19.2 Å². The van der Waals surface area contributed by atoms with Crippen LogP contribution in [-0.4, -0.2) is 31.4 Å². The molecule has 0 saturated carbocycles. The molecule has 0 unspecified atom stereocenters. The van der Waals surface area contributed by atoms with Gasteiger partial charge in [0.05, 0.1) is 18.3 Å². The average molecular weight is 467 g/mol. The van der Waals surface area contributed by atoms with E-state index in [0.717, 1.165) is 16.5 Å². The van der Waals surface area contributed by atoms with E-state index >= 15 is 0 Å². The van der Waals surface area contributed by atoms with Crippen molar-refractivity contribution in [2.75, 3.05) is 18.7 Å². The van der Waals surface area contributed by atoms with Gasteiger partial charge >= 0.3 is 5.97 Å². The van der Waals surface area contributed by atoms with Crippen LogP contribution in [0.25, 0.3) is 10.8 Å². The van der Waals surface area contributed by atoms with Crippen LogP contribution in [0, 0.1) is 0 Å². The standard InChI is InChI=1S/C27H21N3O5/c31-26(16-28-23-10-4-7-19-6-1-2-9-22(19)23)30-29-15-18-5-3-8-21(13-18)35-27(32)20-11-12-24-25(14-20)34-17-33-24/h1-15,28H,16-17H2,(H,30,31)/b29-15-. The first-order chi connectivity index (χ1) is 17.2. The fraction of sp³-hybridized carbons (Fsp3) is 0.0741. The van der Waals surface area contributed by atoms with Crippen LogP contribution in [0.5, 0.6) is 17.2 Å². The van der Waals surface area contributed by atoms with Gasteiger partial charge in [-0.2, -0.15) is 5.10 Å². The lowest BCUT2D eigenvalue weighted by atomic mass is 10.1. The molecule has 0 spiro atoms. The smallest absolute Gasteiger partial charge is 0.343 e. The minimum atomic E-state index is -0.523. The number of nitrogens with one attached hydrogen (secondary N) is 2. The molecule has 4 aromatic carbocycles. The summed E-state index contributed by atoms with van der Waals surface area (Å²) in [5.41, 5.74) is 4.37. The summed E-state index contributed by atoms with van der Waals surface area (Å²) < 4.78 is 16.0. The minimum absolute atomic E-state index is 0.0680. The number of amides is 1. The molecule has 1 heterocycles. The number of fused-ring (bicyclic) bond motifs is 2. The maximum absolute atomic E-state index is 12.5. The molecule has 1 aliphatic heterocycles. The Bertz CT molecular complexity index is 1430. The molecule has 4 aromatic rings. The van der Waals surface area contributed by atoms with Crippen molar-refractivity contribution < 1.29 is 23.8 Å². The molecular formula is C27H21N3O5. The van der Waals surface area contributed by atoms with Gasteiger partial charge in [-0.15, -0.1) is 0 Å². The third kappa shape index (κ3) is 5.22. The zero-order chi connectivity index (χ0) is 24.0. The Morgan fingerprint density at radius 1 is 0.914 bits per heavy atom. The molecule has 5 rings (SSSR count). The molecule has 0 aromatic heterocycles. The first kappa shape index (κ1) is 22.0. The highest BCUT2D eigenvalue weighted by Gasteiger charge is 2.17. The molecule has 1 amide bonds. The van der Waals surface area contributed by atoms with Gasteiger partial charge in [0.1, 0.15) is 5.75 Å². The number of anilines is 1. The molecule has 174 valence electrons. The molecule has 0 atom stereocenters. The van der Waals surface area contributed by atoms with Crippen molar-refractivity contribution in [1.82, 2.24) is 5.43 Å². The summed E-state index contributed by atoms with van der Waals surface area (Å²) >= 11 is 0. The van der Waals surface area contributed by atoms with Crippen LogP contribution in [0.1, 0.15) is 15.9 Å². The number of rotatable bonds is 7. The number of nitrogens with zero attached hydrogens (tertiary/aromatic N) is 1. The number of benzene rings is 4. The van der Waals surface area contributed by atoms with E-state index in [1.807, 2.05) is 42.5 Å². The van der Waals surface area contributed by atoms with E-state index in [0.29, 0.717) is 28.4 Å². The maximum atomic E-state index is 12.5. The Morgan fingerprint density at radius 3 is 2.69 bits per heavy atom. The van der Waals surface area contributed by atoms with Crippen molar-refractivity contribution in [3.63, 3.8) is 0 Å². The predicted molar refractivity (Wildman–Crippen MR) is 132 cm³/mol. The summed E-state index contributed by atoms with van der Waals surface area (Å²) in [5, 5.41) is 9.27. The second-order valence-corrected chi connectivity index (χ2v) is 7.70. The Balaban J connectivity index is 1.15. The largest absolute Gasteiger partial charge is 0.454 e. The highest BCUT2D eigenvalue weighted by atomic mass is 16.7. The normalized spacial score (nSPS) is 12.0. The van der Waals surface area contributed by atoms with E-state index in [2.05, 4.69) is 15.8 Å². The summed E-state index contributed by atoms with van der Waals surface area (Å²) in [4.78, 5) is 24.7. The van der Waals surface area contributed by atoms with Gasteiger partial charge in [0.25, 0.3) is 5.91 Å². The third-order valence-electron chi connectivity index (χ3n) is 5.31. The van der Waals surface area contributed by atoms with Gasteiger partial charge in [0.15, 0.2) is 11.5 Å². The number of hydrazone groups is 1. The van der Waals surface area contributed by atoms with Crippen LogP contribution >= 0.6 is 0 Å². The van der Waals surface area contributed by atoms with Crippen molar-refractivity contribution >= 4 is 34.6 Å². The topological polar surface area (TPSA) is 98.2 Å². The van der Waals surface area contributed by atoms with Crippen molar-refractivity contribution in [3.05, 3.63) is 96.1 Å². The van der Waals surface area contributed by atoms with Crippen molar-refractivity contribution in [2.24, 2.45) is 5.10 Å². The Kier molecular flexibility index (Phi) is 6.25. The molecule has 0 bridgehead atoms. The number of hydrogen-bond acceptors (Lipinski definition) is 7. The molecule has 0 fully saturated rings. The van der Waals surface area contributed by atoms with Crippen LogP contribution in [0.2, 0.25) is 0 Å². The lowest BCUT2D eigenvalue weighted by Gasteiger charge is -2.09. The molecular weight excluding hydrogens is 446 g/mol. The van der Waals surface area contributed by atoms with Crippen molar-refractivity contribution in [1.29, 1.82) is 0 Å². The molecule has 1 aliphatic rings. The van der Waals surface area contributed by atoms with Crippen LogP contribution in [0.15, 0.2) is 90.0 Å². The van der Waals surface area contributed by atoms with Gasteiger partial charge in [-0.1, -0.05) is 48.5 Å². The lowest BCUT2D eigenvalue weighted by Crippen LogP contribution is -2.25. The molecule has 35 heavy (non-hydrogen) atoms. The number of esters is 1. The van der Waals surface area contributed by atoms with Gasteiger partial charge in [-0.05, 0) is 47.3 Å². The van der Waals surface area contributed by atoms with E-state index in [1.165, 1.54) is 6.21 Å². The van der Waals surface area contributed by atoms with E-state index < -0.39 is 5.97 Å². The molecule has 0 aliphatic carbocycles. The molecule has 0 saturated heterocycles. The molecule has 8 heteroatoms. The fourth-order valence-corrected chi connectivity index (χ4v) is 3.62. The number of carbonyl (C=O) groups excluding carboxylic acids is 2. The monoisotopic (exact) mass is 467 g/mol. The SMILES string of the molecule is O=C(CNc1cccc2ccccc12)N/N=C\c1cccc(OC(=O)c2ccc3c(c2)OCO3)c1. The first-order valence-corrected chi connectivity index (χ1v) is 10.9. The molecule has 2 N–H and O–H groups in total. The fourth-order valence-electron chi connectivity index (χ4n) is 3.62. The van der Waals surface area contributed by atoms with Gasteiger partial charge in [0.2, 0.25) is 6.79 Å². The summed E-state index contributed by atoms with van der Waals surface area (Å²) in [5.74, 6) is 0.630. The Labute approximate surface area is 201 Å². The third-order valence-corrected chi connectivity index (χ3v) is 5.31. The zero-order valence-electron chi connectivity index (χ0n) is 18.6. The maximum Gasteiger partial charge on any atom is 0.343 e. The van der Waals surface area contributed by atoms with Crippen LogP contribution < -0.4 is 25.0 Å². The quantitative estimate of drug-likeness (QED) is 0.182. The van der Waals surface area contributed by atoms with Gasteiger partial charge in [-0.25, -0.2) is 10.2 Å². The second-order valence-electron chi connectivity index (χ2n) is 7.70. The van der Waals surface area contributed by atoms with Crippen LogP contribution in [-0.2, 0) is 4.79 Å². The van der Waals surface area contributed by atoms with Crippen molar-refractivity contribution in [2.45, 2.75) is 0 Å². The summed E-state index contributed by atoms with van der Waals surface area (Å²) in [6, 6.07) is 25.5. The summed E-state index contributed by atoms with van der Waals surface area (Å²) in [7, 11) is 0. The first-order valence-electron chi connectivity index (χ1n) is 10.9. The molecule has 8 nitrogen and oxygen atoms in total. The lowest BCUT2D eigenvalue weighted by molar-refractivity contribution is -0.119. The van der Waals surface area contributed by atoms with Gasteiger partial charge in [0, 0.05) is 11.1 Å². The Hall–Kier alpha value is -4.85. The second kappa shape index (κ2) is 9.96. The number of ether oxygens (including phenoxy) is 3. The zero-order valence-corrected chi connectivity index (χ0v) is 18.6. The minimum Gasteiger partial charge on any atom is -0.454 e. The number of carbonyl (C=O) groups is 2. The average Bonchev–Trinajstić information content (AvgIpc) is 3.36. The van der Waals surface area contributed by atoms with E-state index in [1.54, 1.807) is 42.5 Å². The summed E-state index contributed by atoms with van der Waals surface area (Å²) in [6.45, 7) is 0.198. The van der Waals surface area contributed by atoms with Crippen molar-refractivity contribution in [3.8, 4) is 17.2 Å². The van der Waals surface area contributed by atoms with Gasteiger partial charge < -0.3 is 19.5 Å². The van der Waals surface area contributed by atoms with Crippen LogP contribution in [0.4, 0.5) is 5.69 Å². The van der Waals surface area contributed by atoms with Crippen LogP contribution in [0.3, 0.4) is 0 Å². The van der Waals surface area contributed by atoms with E-state index in [9.17, 15) is 9.59 Å². The highest BCUT2D eigenvalue weighted by molar-refractivity contribution is 5.95. The highest BCUT2D eigenvalue weighted by Crippen LogP contribution is 2.32. The molecule has 0 radical (unpaired) electrons. The Morgan fingerprint density at radius 2 is 1.74 bits per heavy atom. The number of hydrogen-bond donors (Lipinski definition) is 2.